The SMILES string of the molecule is CCO/C=N/c1ccc(C(F)(F)F)cc1C#N. The van der Waals surface area contributed by atoms with Gasteiger partial charge in [-0.2, -0.15) is 18.4 Å². The molecule has 0 bridgehead atoms. The van der Waals surface area contributed by atoms with Gasteiger partial charge in [0.1, 0.15) is 6.07 Å². The van der Waals surface area contributed by atoms with Crippen LogP contribution in [0.5, 0.6) is 0 Å². The fourth-order valence-corrected chi connectivity index (χ4v) is 1.08. The highest BCUT2D eigenvalue weighted by Crippen LogP contribution is 2.32. The van der Waals surface area contributed by atoms with Crippen molar-refractivity contribution >= 4 is 12.1 Å². The smallest absolute Gasteiger partial charge is 0.416 e. The van der Waals surface area contributed by atoms with E-state index in [1.807, 2.05) is 0 Å². The van der Waals surface area contributed by atoms with Crippen molar-refractivity contribution in [2.45, 2.75) is 13.1 Å². The monoisotopic (exact) mass is 242 g/mol. The van der Waals surface area contributed by atoms with E-state index in [9.17, 15) is 13.2 Å². The second kappa shape index (κ2) is 5.34. The molecule has 1 aromatic carbocycles. The van der Waals surface area contributed by atoms with Gasteiger partial charge in [-0.3, -0.25) is 0 Å². The Labute approximate surface area is 96.2 Å². The number of aliphatic imine (C=N–C) groups is 1. The van der Waals surface area contributed by atoms with Crippen LogP contribution in [0, 0.1) is 11.3 Å². The third-order valence-electron chi connectivity index (χ3n) is 1.88. The summed E-state index contributed by atoms with van der Waals surface area (Å²) in [5, 5.41) is 8.73. The van der Waals surface area contributed by atoms with Gasteiger partial charge in [-0.05, 0) is 25.1 Å². The van der Waals surface area contributed by atoms with Crippen molar-refractivity contribution in [1.29, 1.82) is 5.26 Å². The minimum atomic E-state index is -4.46. The molecule has 0 aliphatic carbocycles. The van der Waals surface area contributed by atoms with Crippen LogP contribution in [0.3, 0.4) is 0 Å². The molecular formula is C11H9F3N2O. The number of alkyl halides is 3. The summed E-state index contributed by atoms with van der Waals surface area (Å²) in [5.41, 5.74) is -0.867. The molecule has 3 nitrogen and oxygen atoms in total. The van der Waals surface area contributed by atoms with Gasteiger partial charge in [0.2, 0.25) is 0 Å². The summed E-state index contributed by atoms with van der Waals surface area (Å²) in [6.07, 6.45) is -3.36. The summed E-state index contributed by atoms with van der Waals surface area (Å²) in [5.74, 6) is 0. The summed E-state index contributed by atoms with van der Waals surface area (Å²) in [4.78, 5) is 3.75. The van der Waals surface area contributed by atoms with E-state index in [4.69, 9.17) is 10.00 Å². The molecule has 0 saturated heterocycles. The molecule has 90 valence electrons. The number of nitriles is 1. The van der Waals surface area contributed by atoms with Crippen LogP contribution in [0.1, 0.15) is 18.1 Å². The lowest BCUT2D eigenvalue weighted by Crippen LogP contribution is -2.04. The predicted molar refractivity (Wildman–Crippen MR) is 55.9 cm³/mol. The maximum absolute atomic E-state index is 12.4. The summed E-state index contributed by atoms with van der Waals surface area (Å²) in [6.45, 7) is 2.13. The normalized spacial score (nSPS) is 11.5. The second-order valence-electron chi connectivity index (χ2n) is 3.03. The van der Waals surface area contributed by atoms with Crippen molar-refractivity contribution in [2.75, 3.05) is 6.61 Å². The second-order valence-corrected chi connectivity index (χ2v) is 3.03. The molecule has 0 atom stereocenters. The highest BCUT2D eigenvalue weighted by molar-refractivity contribution is 5.62. The Morgan fingerprint density at radius 3 is 2.71 bits per heavy atom. The zero-order valence-electron chi connectivity index (χ0n) is 8.95. The van der Waals surface area contributed by atoms with Gasteiger partial charge >= 0.3 is 6.18 Å². The number of rotatable bonds is 3. The van der Waals surface area contributed by atoms with Gasteiger partial charge in [-0.25, -0.2) is 4.99 Å². The molecule has 0 fully saturated rings. The summed E-state index contributed by atoms with van der Waals surface area (Å²) >= 11 is 0. The van der Waals surface area contributed by atoms with E-state index in [0.717, 1.165) is 24.6 Å². The van der Waals surface area contributed by atoms with E-state index < -0.39 is 11.7 Å². The van der Waals surface area contributed by atoms with Crippen molar-refractivity contribution in [2.24, 2.45) is 4.99 Å². The van der Waals surface area contributed by atoms with Gasteiger partial charge in [-0.1, -0.05) is 0 Å². The fraction of sp³-hybridized carbons (Fsp3) is 0.273. The average Bonchev–Trinajstić information content (AvgIpc) is 2.28. The first-order valence-electron chi connectivity index (χ1n) is 4.74. The third kappa shape index (κ3) is 3.48. The molecule has 0 amide bonds. The number of halogens is 3. The quantitative estimate of drug-likeness (QED) is 0.603. The molecular weight excluding hydrogens is 233 g/mol. The molecule has 6 heteroatoms. The number of hydrogen-bond acceptors (Lipinski definition) is 3. The zero-order chi connectivity index (χ0) is 12.9. The van der Waals surface area contributed by atoms with Gasteiger partial charge < -0.3 is 4.74 Å². The molecule has 1 aromatic rings. The number of benzene rings is 1. The Balaban J connectivity index is 3.07. The van der Waals surface area contributed by atoms with Gasteiger partial charge in [0, 0.05) is 0 Å². The molecule has 0 aliphatic heterocycles. The molecule has 0 heterocycles. The van der Waals surface area contributed by atoms with Crippen molar-refractivity contribution in [3.63, 3.8) is 0 Å². The van der Waals surface area contributed by atoms with E-state index in [-0.39, 0.29) is 11.3 Å². The maximum atomic E-state index is 12.4. The summed E-state index contributed by atoms with van der Waals surface area (Å²) in [6, 6.07) is 4.44. The topological polar surface area (TPSA) is 45.4 Å². The lowest BCUT2D eigenvalue weighted by molar-refractivity contribution is -0.137. The lowest BCUT2D eigenvalue weighted by Gasteiger charge is -2.07. The molecule has 0 radical (unpaired) electrons. The van der Waals surface area contributed by atoms with Crippen molar-refractivity contribution in [1.82, 2.24) is 0 Å². The first-order chi connectivity index (χ1) is 7.99. The summed E-state index contributed by atoms with van der Waals surface area (Å²) < 4.78 is 41.9. The van der Waals surface area contributed by atoms with E-state index in [0.29, 0.717) is 6.61 Å². The van der Waals surface area contributed by atoms with Gasteiger partial charge in [0.15, 0.2) is 6.40 Å². The average molecular weight is 242 g/mol. The van der Waals surface area contributed by atoms with Crippen molar-refractivity contribution in [3.05, 3.63) is 29.3 Å². The number of ether oxygens (including phenoxy) is 1. The van der Waals surface area contributed by atoms with Gasteiger partial charge in [0.05, 0.1) is 23.4 Å². The van der Waals surface area contributed by atoms with E-state index >= 15 is 0 Å². The molecule has 0 spiro atoms. The van der Waals surface area contributed by atoms with Crippen LogP contribution >= 0.6 is 0 Å². The van der Waals surface area contributed by atoms with Gasteiger partial charge in [0.25, 0.3) is 0 Å². The first kappa shape index (κ1) is 13.0. The molecule has 0 unspecified atom stereocenters. The molecule has 0 saturated carbocycles. The van der Waals surface area contributed by atoms with Crippen LogP contribution in [0.15, 0.2) is 23.2 Å². The molecule has 1 rings (SSSR count). The molecule has 0 aromatic heterocycles. The van der Waals surface area contributed by atoms with Crippen LogP contribution in [0.2, 0.25) is 0 Å². The Bertz CT molecular complexity index is 461. The van der Waals surface area contributed by atoms with E-state index in [2.05, 4.69) is 4.99 Å². The summed E-state index contributed by atoms with van der Waals surface area (Å²) in [7, 11) is 0. The Morgan fingerprint density at radius 2 is 2.18 bits per heavy atom. The number of hydrogen-bond donors (Lipinski definition) is 0. The Hall–Kier alpha value is -2.03. The third-order valence-corrected chi connectivity index (χ3v) is 1.88. The van der Waals surface area contributed by atoms with Gasteiger partial charge in [-0.15, -0.1) is 0 Å². The minimum Gasteiger partial charge on any atom is -0.483 e. The highest BCUT2D eigenvalue weighted by Gasteiger charge is 2.30. The highest BCUT2D eigenvalue weighted by atomic mass is 19.4. The zero-order valence-corrected chi connectivity index (χ0v) is 8.95. The van der Waals surface area contributed by atoms with E-state index in [1.54, 1.807) is 13.0 Å². The number of nitrogens with zero attached hydrogens (tertiary/aromatic N) is 2. The molecule has 0 N–H and O–H groups in total. The van der Waals surface area contributed by atoms with Crippen LogP contribution in [0.25, 0.3) is 0 Å². The van der Waals surface area contributed by atoms with Crippen molar-refractivity contribution in [3.8, 4) is 6.07 Å². The van der Waals surface area contributed by atoms with Crippen molar-refractivity contribution < 1.29 is 17.9 Å². The van der Waals surface area contributed by atoms with Crippen LogP contribution in [-0.2, 0) is 10.9 Å². The Morgan fingerprint density at radius 1 is 1.47 bits per heavy atom. The van der Waals surface area contributed by atoms with E-state index in [1.165, 1.54) is 0 Å². The van der Waals surface area contributed by atoms with Crippen LogP contribution in [-0.4, -0.2) is 13.0 Å². The van der Waals surface area contributed by atoms with Crippen LogP contribution < -0.4 is 0 Å². The Kier molecular flexibility index (Phi) is 4.10. The lowest BCUT2D eigenvalue weighted by atomic mass is 10.1. The predicted octanol–water partition coefficient (Wildman–Crippen LogP) is 3.27. The fourth-order valence-electron chi connectivity index (χ4n) is 1.08. The van der Waals surface area contributed by atoms with Crippen LogP contribution in [0.4, 0.5) is 18.9 Å². The minimum absolute atomic E-state index is 0.143. The maximum Gasteiger partial charge on any atom is 0.416 e. The largest absolute Gasteiger partial charge is 0.483 e. The first-order valence-corrected chi connectivity index (χ1v) is 4.74. The standard InChI is InChI=1S/C11H9F3N2O/c1-2-17-7-16-10-4-3-9(11(12,13)14)5-8(10)6-15/h3-5,7H,2H2,1H3/b16-7+. The molecule has 17 heavy (non-hydrogen) atoms. The molecule has 0 aliphatic rings.